The molecule has 0 saturated carbocycles. The van der Waals surface area contributed by atoms with Crippen LogP contribution in [-0.4, -0.2) is 0 Å². The van der Waals surface area contributed by atoms with E-state index >= 15 is 0 Å². The van der Waals surface area contributed by atoms with Crippen molar-refractivity contribution >= 4 is 10.8 Å². The summed E-state index contributed by atoms with van der Waals surface area (Å²) in [7, 11) is 0. The molecule has 0 spiro atoms. The quantitative estimate of drug-likeness (QED) is 0.644. The van der Waals surface area contributed by atoms with Crippen molar-refractivity contribution < 1.29 is 0 Å². The van der Waals surface area contributed by atoms with Crippen molar-refractivity contribution in [3.63, 3.8) is 0 Å². The third-order valence-electron chi connectivity index (χ3n) is 2.47. The van der Waals surface area contributed by atoms with Crippen LogP contribution < -0.4 is 0 Å². The number of benzene rings is 2. The van der Waals surface area contributed by atoms with Gasteiger partial charge in [0.1, 0.15) is 6.07 Å². The van der Waals surface area contributed by atoms with Crippen LogP contribution in [0.15, 0.2) is 30.3 Å². The Morgan fingerprint density at radius 2 is 1.67 bits per heavy atom. The standard InChI is InChI=1S/C13H8N2/c1-9-6-10(7-14)11-4-2-3-5-12(11)13(9)8-15/h2-6H,1H3. The van der Waals surface area contributed by atoms with E-state index in [2.05, 4.69) is 12.1 Å². The van der Waals surface area contributed by atoms with Crippen molar-refractivity contribution in [3.8, 4) is 12.1 Å². The van der Waals surface area contributed by atoms with Crippen LogP contribution in [0, 0.1) is 29.6 Å². The Morgan fingerprint density at radius 1 is 1.00 bits per heavy atom. The maximum atomic E-state index is 9.05. The summed E-state index contributed by atoms with van der Waals surface area (Å²) < 4.78 is 0. The van der Waals surface area contributed by atoms with E-state index in [1.54, 1.807) is 6.07 Å². The molecule has 0 bridgehead atoms. The van der Waals surface area contributed by atoms with Crippen molar-refractivity contribution in [1.29, 1.82) is 10.5 Å². The predicted octanol–water partition coefficient (Wildman–Crippen LogP) is 2.89. The first-order chi connectivity index (χ1) is 7.27. The van der Waals surface area contributed by atoms with Crippen LogP contribution in [0.4, 0.5) is 0 Å². The summed E-state index contributed by atoms with van der Waals surface area (Å²) in [6.45, 7) is 1.85. The minimum Gasteiger partial charge on any atom is -0.192 e. The molecule has 70 valence electrons. The van der Waals surface area contributed by atoms with E-state index in [0.717, 1.165) is 16.3 Å². The van der Waals surface area contributed by atoms with Gasteiger partial charge in [-0.2, -0.15) is 10.5 Å². The maximum Gasteiger partial charge on any atom is 0.100 e. The van der Waals surface area contributed by atoms with E-state index in [0.29, 0.717) is 11.1 Å². The topological polar surface area (TPSA) is 47.6 Å². The van der Waals surface area contributed by atoms with Crippen LogP contribution in [0.1, 0.15) is 16.7 Å². The molecule has 0 aliphatic heterocycles. The number of nitrogens with zero attached hydrogens (tertiary/aromatic N) is 2. The Kier molecular flexibility index (Phi) is 2.12. The summed E-state index contributed by atoms with van der Waals surface area (Å²) in [6.07, 6.45) is 0. The van der Waals surface area contributed by atoms with Crippen molar-refractivity contribution in [2.75, 3.05) is 0 Å². The van der Waals surface area contributed by atoms with Crippen LogP contribution in [0.25, 0.3) is 10.8 Å². The van der Waals surface area contributed by atoms with Gasteiger partial charge >= 0.3 is 0 Å². The van der Waals surface area contributed by atoms with Crippen LogP contribution in [0.3, 0.4) is 0 Å². The Hall–Kier alpha value is -2.32. The van der Waals surface area contributed by atoms with Gasteiger partial charge in [0, 0.05) is 10.8 Å². The zero-order valence-electron chi connectivity index (χ0n) is 8.28. The molecule has 0 radical (unpaired) electrons. The van der Waals surface area contributed by atoms with Gasteiger partial charge in [0.05, 0.1) is 17.2 Å². The molecule has 2 rings (SSSR count). The summed E-state index contributed by atoms with van der Waals surface area (Å²) in [5.41, 5.74) is 2.14. The molecule has 2 nitrogen and oxygen atoms in total. The maximum absolute atomic E-state index is 9.05. The van der Waals surface area contributed by atoms with Gasteiger partial charge in [0.25, 0.3) is 0 Å². The van der Waals surface area contributed by atoms with Gasteiger partial charge in [-0.1, -0.05) is 24.3 Å². The number of fused-ring (bicyclic) bond motifs is 1. The average molecular weight is 192 g/mol. The minimum absolute atomic E-state index is 0.627. The first-order valence-corrected chi connectivity index (χ1v) is 4.60. The molecule has 0 aromatic heterocycles. The molecular weight excluding hydrogens is 184 g/mol. The third kappa shape index (κ3) is 1.33. The second kappa shape index (κ2) is 3.44. The lowest BCUT2D eigenvalue weighted by Crippen LogP contribution is -1.89. The molecule has 15 heavy (non-hydrogen) atoms. The molecule has 2 aromatic rings. The monoisotopic (exact) mass is 192 g/mol. The fourth-order valence-electron chi connectivity index (χ4n) is 1.76. The molecule has 0 saturated heterocycles. The molecule has 0 N–H and O–H groups in total. The molecule has 0 aliphatic rings. The fraction of sp³-hybridized carbons (Fsp3) is 0.0769. The number of nitriles is 2. The summed E-state index contributed by atoms with van der Waals surface area (Å²) in [5.74, 6) is 0. The van der Waals surface area contributed by atoms with Crippen molar-refractivity contribution in [2.45, 2.75) is 6.92 Å². The minimum atomic E-state index is 0.627. The van der Waals surface area contributed by atoms with Crippen LogP contribution in [-0.2, 0) is 0 Å². The normalized spacial score (nSPS) is 9.53. The highest BCUT2D eigenvalue weighted by Gasteiger charge is 2.07. The number of hydrogen-bond acceptors (Lipinski definition) is 2. The molecule has 0 unspecified atom stereocenters. The van der Waals surface area contributed by atoms with Gasteiger partial charge in [-0.3, -0.25) is 0 Å². The number of rotatable bonds is 0. The van der Waals surface area contributed by atoms with E-state index in [4.69, 9.17) is 10.5 Å². The predicted molar refractivity (Wildman–Crippen MR) is 58.1 cm³/mol. The lowest BCUT2D eigenvalue weighted by atomic mass is 9.96. The molecule has 0 amide bonds. The fourth-order valence-corrected chi connectivity index (χ4v) is 1.76. The highest BCUT2D eigenvalue weighted by Crippen LogP contribution is 2.24. The molecule has 0 atom stereocenters. The Morgan fingerprint density at radius 3 is 2.27 bits per heavy atom. The van der Waals surface area contributed by atoms with Crippen molar-refractivity contribution in [3.05, 3.63) is 47.0 Å². The van der Waals surface area contributed by atoms with Gasteiger partial charge < -0.3 is 0 Å². The Labute approximate surface area is 88.0 Å². The smallest absolute Gasteiger partial charge is 0.100 e. The lowest BCUT2D eigenvalue weighted by Gasteiger charge is -2.05. The largest absolute Gasteiger partial charge is 0.192 e. The van der Waals surface area contributed by atoms with Gasteiger partial charge in [-0.15, -0.1) is 0 Å². The van der Waals surface area contributed by atoms with Gasteiger partial charge in [-0.25, -0.2) is 0 Å². The lowest BCUT2D eigenvalue weighted by molar-refractivity contribution is 1.40. The summed E-state index contributed by atoms with van der Waals surface area (Å²) in [5, 5.41) is 19.7. The van der Waals surface area contributed by atoms with E-state index in [1.807, 2.05) is 31.2 Å². The summed E-state index contributed by atoms with van der Waals surface area (Å²) in [4.78, 5) is 0. The van der Waals surface area contributed by atoms with Crippen LogP contribution in [0.2, 0.25) is 0 Å². The van der Waals surface area contributed by atoms with Gasteiger partial charge in [0.2, 0.25) is 0 Å². The molecular formula is C13H8N2. The Balaban J connectivity index is 3.02. The number of hydrogen-bond donors (Lipinski definition) is 0. The summed E-state index contributed by atoms with van der Waals surface area (Å²) in [6, 6.07) is 13.6. The van der Waals surface area contributed by atoms with Gasteiger partial charge in [0.15, 0.2) is 0 Å². The number of aryl methyl sites for hydroxylation is 1. The first-order valence-electron chi connectivity index (χ1n) is 4.60. The van der Waals surface area contributed by atoms with Crippen LogP contribution >= 0.6 is 0 Å². The molecule has 2 aromatic carbocycles. The van der Waals surface area contributed by atoms with E-state index < -0.39 is 0 Å². The summed E-state index contributed by atoms with van der Waals surface area (Å²) >= 11 is 0. The molecule has 0 heterocycles. The Bertz CT molecular complexity index is 613. The SMILES string of the molecule is Cc1cc(C#N)c2ccccc2c1C#N. The second-order valence-corrected chi connectivity index (χ2v) is 3.39. The molecule has 2 heteroatoms. The van der Waals surface area contributed by atoms with Crippen LogP contribution in [0.5, 0.6) is 0 Å². The van der Waals surface area contributed by atoms with E-state index in [-0.39, 0.29) is 0 Å². The average Bonchev–Trinajstić information content (AvgIpc) is 2.28. The van der Waals surface area contributed by atoms with Crippen molar-refractivity contribution in [2.24, 2.45) is 0 Å². The zero-order valence-corrected chi connectivity index (χ0v) is 8.28. The first kappa shape index (κ1) is 9.24. The highest BCUT2D eigenvalue weighted by atomic mass is 14.3. The molecule has 0 aliphatic carbocycles. The van der Waals surface area contributed by atoms with E-state index in [1.165, 1.54) is 0 Å². The second-order valence-electron chi connectivity index (χ2n) is 3.39. The third-order valence-corrected chi connectivity index (χ3v) is 2.47. The highest BCUT2D eigenvalue weighted by molar-refractivity contribution is 5.93. The molecule has 0 fully saturated rings. The van der Waals surface area contributed by atoms with E-state index in [9.17, 15) is 0 Å². The van der Waals surface area contributed by atoms with Gasteiger partial charge in [-0.05, 0) is 18.6 Å². The van der Waals surface area contributed by atoms with Crippen molar-refractivity contribution in [1.82, 2.24) is 0 Å². The zero-order chi connectivity index (χ0) is 10.8.